The number of nitrogens with zero attached hydrogens (tertiary/aromatic N) is 2. The van der Waals surface area contributed by atoms with Gasteiger partial charge in [-0.05, 0) is 6.42 Å². The molecular weight excluding hydrogens is 158 g/mol. The lowest BCUT2D eigenvalue weighted by Crippen LogP contribution is -2.29. The summed E-state index contributed by atoms with van der Waals surface area (Å²) in [7, 11) is 0. The van der Waals surface area contributed by atoms with Crippen LogP contribution in [-0.2, 0) is 6.54 Å². The Bertz CT molecular complexity index is 203. The minimum atomic E-state index is 0.956. The lowest BCUT2D eigenvalue weighted by molar-refractivity contribution is 0.244. The van der Waals surface area contributed by atoms with Gasteiger partial charge in [-0.25, -0.2) is 9.99 Å². The van der Waals surface area contributed by atoms with Gasteiger partial charge in [0.1, 0.15) is 5.01 Å². The predicted octanol–water partition coefficient (Wildman–Crippen LogP) is 0.853. The molecule has 0 saturated carbocycles. The Morgan fingerprint density at radius 3 is 3.36 bits per heavy atom. The lowest BCUT2D eigenvalue weighted by atomic mass is 10.5. The van der Waals surface area contributed by atoms with E-state index in [9.17, 15) is 0 Å². The van der Waals surface area contributed by atoms with Crippen LogP contribution in [-0.4, -0.2) is 23.1 Å². The van der Waals surface area contributed by atoms with Crippen molar-refractivity contribution in [1.82, 2.24) is 15.4 Å². The van der Waals surface area contributed by atoms with Crippen molar-refractivity contribution in [1.29, 1.82) is 0 Å². The van der Waals surface area contributed by atoms with E-state index in [1.54, 1.807) is 11.3 Å². The number of nitrogens with one attached hydrogen (secondary N) is 1. The van der Waals surface area contributed by atoms with Gasteiger partial charge in [0, 0.05) is 24.7 Å². The van der Waals surface area contributed by atoms with Crippen molar-refractivity contribution < 1.29 is 0 Å². The summed E-state index contributed by atoms with van der Waals surface area (Å²) in [6, 6.07) is 0. The van der Waals surface area contributed by atoms with E-state index in [2.05, 4.69) is 15.4 Å². The molecule has 0 bridgehead atoms. The van der Waals surface area contributed by atoms with Crippen LogP contribution < -0.4 is 5.43 Å². The van der Waals surface area contributed by atoms with Gasteiger partial charge in [0.05, 0.1) is 6.54 Å². The Hall–Kier alpha value is -0.450. The smallest absolute Gasteiger partial charge is 0.108 e. The van der Waals surface area contributed by atoms with E-state index in [4.69, 9.17) is 0 Å². The van der Waals surface area contributed by atoms with E-state index < -0.39 is 0 Å². The SMILES string of the molecule is c1csc(CN2CCCN2)n1. The Morgan fingerprint density at radius 1 is 1.73 bits per heavy atom. The second-order valence-electron chi connectivity index (χ2n) is 2.61. The van der Waals surface area contributed by atoms with Crippen molar-refractivity contribution in [2.75, 3.05) is 13.1 Å². The molecule has 3 nitrogen and oxygen atoms in total. The molecular formula is C7H11N3S. The average Bonchev–Trinajstić information content (AvgIpc) is 2.60. The molecule has 1 aromatic heterocycles. The largest absolute Gasteiger partial charge is 0.255 e. The zero-order chi connectivity index (χ0) is 7.52. The molecule has 1 N–H and O–H groups in total. The maximum absolute atomic E-state index is 4.22. The van der Waals surface area contributed by atoms with Crippen molar-refractivity contribution in [3.05, 3.63) is 16.6 Å². The molecule has 0 aromatic carbocycles. The van der Waals surface area contributed by atoms with Gasteiger partial charge in [-0.15, -0.1) is 11.3 Å². The monoisotopic (exact) mass is 169 g/mol. The van der Waals surface area contributed by atoms with E-state index in [1.165, 1.54) is 11.4 Å². The Kier molecular flexibility index (Phi) is 2.16. The van der Waals surface area contributed by atoms with Crippen molar-refractivity contribution >= 4 is 11.3 Å². The molecule has 0 atom stereocenters. The maximum Gasteiger partial charge on any atom is 0.108 e. The third-order valence-electron chi connectivity index (χ3n) is 1.75. The summed E-state index contributed by atoms with van der Waals surface area (Å²) in [5, 5.41) is 5.43. The van der Waals surface area contributed by atoms with Gasteiger partial charge in [-0.3, -0.25) is 5.43 Å². The molecule has 2 heterocycles. The molecule has 2 rings (SSSR count). The highest BCUT2D eigenvalue weighted by Gasteiger charge is 2.11. The first-order valence-electron chi connectivity index (χ1n) is 3.82. The fourth-order valence-electron chi connectivity index (χ4n) is 1.22. The molecule has 0 aliphatic carbocycles. The molecule has 60 valence electrons. The molecule has 1 fully saturated rings. The van der Waals surface area contributed by atoms with Crippen LogP contribution in [0.1, 0.15) is 11.4 Å². The zero-order valence-electron chi connectivity index (χ0n) is 6.29. The normalized spacial score (nSPS) is 19.3. The number of thiazole rings is 1. The van der Waals surface area contributed by atoms with Crippen LogP contribution >= 0.6 is 11.3 Å². The maximum atomic E-state index is 4.22. The molecule has 0 amide bonds. The van der Waals surface area contributed by atoms with Gasteiger partial charge < -0.3 is 0 Å². The molecule has 0 radical (unpaired) electrons. The first-order valence-corrected chi connectivity index (χ1v) is 4.70. The van der Waals surface area contributed by atoms with Gasteiger partial charge in [0.15, 0.2) is 0 Å². The van der Waals surface area contributed by atoms with Crippen LogP contribution in [0, 0.1) is 0 Å². The van der Waals surface area contributed by atoms with Gasteiger partial charge in [0.2, 0.25) is 0 Å². The van der Waals surface area contributed by atoms with E-state index >= 15 is 0 Å². The van der Waals surface area contributed by atoms with Gasteiger partial charge in [0.25, 0.3) is 0 Å². The number of hydrazine groups is 1. The first kappa shape index (κ1) is 7.21. The predicted molar refractivity (Wildman–Crippen MR) is 45.1 cm³/mol. The molecule has 1 aliphatic heterocycles. The minimum Gasteiger partial charge on any atom is -0.255 e. The highest BCUT2D eigenvalue weighted by molar-refractivity contribution is 7.09. The van der Waals surface area contributed by atoms with Crippen LogP contribution in [0.15, 0.2) is 11.6 Å². The third kappa shape index (κ3) is 1.77. The number of hydrogen-bond acceptors (Lipinski definition) is 4. The number of hydrogen-bond donors (Lipinski definition) is 1. The number of aromatic nitrogens is 1. The quantitative estimate of drug-likeness (QED) is 0.711. The standard InChI is InChI=1S/C7H11N3S/c1-2-9-10(4-1)6-7-8-3-5-11-7/h3,5,9H,1-2,4,6H2. The van der Waals surface area contributed by atoms with Crippen molar-refractivity contribution in [2.24, 2.45) is 0 Å². The Morgan fingerprint density at radius 2 is 2.73 bits per heavy atom. The molecule has 4 heteroatoms. The van der Waals surface area contributed by atoms with Gasteiger partial charge in [-0.1, -0.05) is 0 Å². The number of rotatable bonds is 2. The summed E-state index contributed by atoms with van der Waals surface area (Å²) in [4.78, 5) is 4.22. The van der Waals surface area contributed by atoms with E-state index in [0.29, 0.717) is 0 Å². The molecule has 1 saturated heterocycles. The van der Waals surface area contributed by atoms with E-state index in [1.807, 2.05) is 11.6 Å². The van der Waals surface area contributed by atoms with Gasteiger partial charge in [-0.2, -0.15) is 0 Å². The summed E-state index contributed by atoms with van der Waals surface area (Å²) in [6.45, 7) is 3.22. The highest BCUT2D eigenvalue weighted by Crippen LogP contribution is 2.08. The van der Waals surface area contributed by atoms with Crippen molar-refractivity contribution in [3.63, 3.8) is 0 Å². The Labute approximate surface area is 70.0 Å². The second kappa shape index (κ2) is 3.30. The minimum absolute atomic E-state index is 0.956. The molecule has 0 unspecified atom stereocenters. The molecule has 0 spiro atoms. The Balaban J connectivity index is 1.90. The average molecular weight is 169 g/mol. The summed E-state index contributed by atoms with van der Waals surface area (Å²) in [6.07, 6.45) is 3.11. The summed E-state index contributed by atoms with van der Waals surface area (Å²) in [5.74, 6) is 0. The van der Waals surface area contributed by atoms with Crippen LogP contribution in [0.25, 0.3) is 0 Å². The van der Waals surface area contributed by atoms with Crippen LogP contribution in [0.5, 0.6) is 0 Å². The molecule has 1 aromatic rings. The topological polar surface area (TPSA) is 28.2 Å². The fraction of sp³-hybridized carbons (Fsp3) is 0.571. The molecule has 11 heavy (non-hydrogen) atoms. The van der Waals surface area contributed by atoms with Gasteiger partial charge >= 0.3 is 0 Å². The zero-order valence-corrected chi connectivity index (χ0v) is 7.10. The third-order valence-corrected chi connectivity index (χ3v) is 2.51. The summed E-state index contributed by atoms with van der Waals surface area (Å²) >= 11 is 1.72. The fourth-order valence-corrected chi connectivity index (χ4v) is 1.85. The van der Waals surface area contributed by atoms with Crippen molar-refractivity contribution in [2.45, 2.75) is 13.0 Å². The van der Waals surface area contributed by atoms with E-state index in [-0.39, 0.29) is 0 Å². The summed E-state index contributed by atoms with van der Waals surface area (Å²) < 4.78 is 0. The lowest BCUT2D eigenvalue weighted by Gasteiger charge is -2.11. The summed E-state index contributed by atoms with van der Waals surface area (Å²) in [5.41, 5.74) is 3.29. The highest BCUT2D eigenvalue weighted by atomic mass is 32.1. The van der Waals surface area contributed by atoms with Crippen LogP contribution in [0.3, 0.4) is 0 Å². The van der Waals surface area contributed by atoms with Crippen LogP contribution in [0.4, 0.5) is 0 Å². The first-order chi connectivity index (χ1) is 5.45. The molecule has 1 aliphatic rings. The van der Waals surface area contributed by atoms with Crippen molar-refractivity contribution in [3.8, 4) is 0 Å². The van der Waals surface area contributed by atoms with E-state index in [0.717, 1.165) is 19.6 Å². The van der Waals surface area contributed by atoms with Crippen LogP contribution in [0.2, 0.25) is 0 Å². The second-order valence-corrected chi connectivity index (χ2v) is 3.59.